The molecule has 2 aromatic heterocycles. The van der Waals surface area contributed by atoms with Crippen LogP contribution in [0, 0.1) is 5.92 Å². The fraction of sp³-hybridized carbons (Fsp3) is 0.714. The molecule has 2 aliphatic rings. The Morgan fingerprint density at radius 3 is 2.70 bits per heavy atom. The summed E-state index contributed by atoms with van der Waals surface area (Å²) >= 11 is 1.76. The lowest BCUT2D eigenvalue weighted by molar-refractivity contribution is 0.218. The van der Waals surface area contributed by atoms with Crippen LogP contribution in [0.25, 0.3) is 10.2 Å². The van der Waals surface area contributed by atoms with E-state index in [1.54, 1.807) is 11.3 Å². The second-order valence-electron chi connectivity index (χ2n) is 8.66. The number of fused-ring (bicyclic) bond motifs is 3. The third-order valence-electron chi connectivity index (χ3n) is 6.04. The van der Waals surface area contributed by atoms with Gasteiger partial charge >= 0.3 is 0 Å². The topological polar surface area (TPSA) is 41.4 Å². The van der Waals surface area contributed by atoms with E-state index in [1.165, 1.54) is 49.2 Å². The van der Waals surface area contributed by atoms with Crippen molar-refractivity contribution in [1.29, 1.82) is 0 Å². The smallest absolute Gasteiger partial charge is 0.262 e. The van der Waals surface area contributed by atoms with Crippen LogP contribution in [-0.2, 0) is 25.9 Å². The molecule has 148 valence electrons. The van der Waals surface area contributed by atoms with Gasteiger partial charge in [-0.05, 0) is 70.8 Å². The maximum atomic E-state index is 13.5. The minimum atomic E-state index is 0.195. The summed E-state index contributed by atoms with van der Waals surface area (Å²) < 4.78 is 1.97. The third kappa shape index (κ3) is 3.98. The van der Waals surface area contributed by atoms with Crippen LogP contribution >= 0.6 is 11.3 Å². The zero-order valence-electron chi connectivity index (χ0n) is 17.0. The molecule has 0 N–H and O–H groups in total. The number of aryl methyl sites for hydroxylation is 1. The van der Waals surface area contributed by atoms with Gasteiger partial charge in [0.15, 0.2) is 0 Å². The van der Waals surface area contributed by atoms with Crippen molar-refractivity contribution in [3.05, 3.63) is 26.6 Å². The molecule has 6 heteroatoms. The zero-order valence-corrected chi connectivity index (χ0v) is 17.8. The highest BCUT2D eigenvalue weighted by Crippen LogP contribution is 2.35. The Morgan fingerprint density at radius 1 is 1.19 bits per heavy atom. The number of piperidine rings is 1. The van der Waals surface area contributed by atoms with Crippen LogP contribution in [0.1, 0.15) is 48.9 Å². The SMILES string of the molecule is CC1CCc2c(sc3nc(CN(C)C)n(CCN4CCCCC4)c(=O)c23)C1. The maximum Gasteiger partial charge on any atom is 0.262 e. The van der Waals surface area contributed by atoms with Crippen molar-refractivity contribution in [3.63, 3.8) is 0 Å². The van der Waals surface area contributed by atoms with E-state index in [0.717, 1.165) is 42.0 Å². The summed E-state index contributed by atoms with van der Waals surface area (Å²) in [7, 11) is 4.10. The molecule has 1 unspecified atom stereocenters. The Morgan fingerprint density at radius 2 is 1.96 bits per heavy atom. The standard InChI is InChI=1S/C21H32N4OS/c1-15-7-8-16-17(13-15)27-20-19(16)21(26)25(18(22-20)14-23(2)3)12-11-24-9-5-4-6-10-24/h15H,4-14H2,1-3H3. The molecule has 0 amide bonds. The molecule has 1 atom stereocenters. The summed E-state index contributed by atoms with van der Waals surface area (Å²) in [6.07, 6.45) is 7.24. The number of hydrogen-bond donors (Lipinski definition) is 0. The van der Waals surface area contributed by atoms with Gasteiger partial charge in [0, 0.05) is 18.0 Å². The van der Waals surface area contributed by atoms with Gasteiger partial charge in [-0.2, -0.15) is 0 Å². The quantitative estimate of drug-likeness (QED) is 0.789. The normalized spacial score (nSPS) is 21.1. The van der Waals surface area contributed by atoms with Crippen molar-refractivity contribution in [2.24, 2.45) is 5.92 Å². The van der Waals surface area contributed by atoms with Gasteiger partial charge in [0.25, 0.3) is 5.56 Å². The number of aromatic nitrogens is 2. The van der Waals surface area contributed by atoms with Crippen molar-refractivity contribution in [3.8, 4) is 0 Å². The van der Waals surface area contributed by atoms with Crippen LogP contribution in [0.2, 0.25) is 0 Å². The largest absolute Gasteiger partial charge is 0.302 e. The molecule has 0 saturated carbocycles. The van der Waals surface area contributed by atoms with Crippen molar-refractivity contribution >= 4 is 21.6 Å². The first kappa shape index (κ1) is 19.1. The molecule has 4 rings (SSSR count). The van der Waals surface area contributed by atoms with E-state index in [9.17, 15) is 4.79 Å². The van der Waals surface area contributed by atoms with E-state index in [1.807, 2.05) is 18.7 Å². The first-order valence-electron chi connectivity index (χ1n) is 10.4. The Bertz CT molecular complexity index is 863. The van der Waals surface area contributed by atoms with Crippen LogP contribution in [-0.4, -0.2) is 53.1 Å². The van der Waals surface area contributed by atoms with Gasteiger partial charge in [0.2, 0.25) is 0 Å². The first-order valence-corrected chi connectivity index (χ1v) is 11.3. The van der Waals surface area contributed by atoms with Gasteiger partial charge in [0.05, 0.1) is 11.9 Å². The average molecular weight is 389 g/mol. The zero-order chi connectivity index (χ0) is 19.0. The molecular formula is C21H32N4OS. The molecule has 1 aliphatic carbocycles. The first-order chi connectivity index (χ1) is 13.0. The van der Waals surface area contributed by atoms with Crippen LogP contribution in [0.15, 0.2) is 4.79 Å². The Kier molecular flexibility index (Phi) is 5.67. The summed E-state index contributed by atoms with van der Waals surface area (Å²) in [6, 6.07) is 0. The second-order valence-corrected chi connectivity index (χ2v) is 9.74. The van der Waals surface area contributed by atoms with Crippen molar-refractivity contribution < 1.29 is 0 Å². The lowest BCUT2D eigenvalue weighted by Gasteiger charge is -2.27. The Balaban J connectivity index is 1.72. The summed E-state index contributed by atoms with van der Waals surface area (Å²) in [4.78, 5) is 25.5. The molecule has 3 heterocycles. The van der Waals surface area contributed by atoms with Gasteiger partial charge < -0.3 is 9.80 Å². The summed E-state index contributed by atoms with van der Waals surface area (Å²) in [6.45, 7) is 7.07. The van der Waals surface area contributed by atoms with Gasteiger partial charge in [-0.3, -0.25) is 9.36 Å². The van der Waals surface area contributed by atoms with Crippen molar-refractivity contribution in [2.75, 3.05) is 33.7 Å². The second kappa shape index (κ2) is 8.02. The summed E-state index contributed by atoms with van der Waals surface area (Å²) in [5.74, 6) is 1.63. The molecule has 0 bridgehead atoms. The lowest BCUT2D eigenvalue weighted by Crippen LogP contribution is -2.36. The van der Waals surface area contributed by atoms with Crippen molar-refractivity contribution in [1.82, 2.24) is 19.4 Å². The number of likely N-dealkylation sites (tertiary alicyclic amines) is 1. The highest BCUT2D eigenvalue weighted by Gasteiger charge is 2.25. The third-order valence-corrected chi connectivity index (χ3v) is 7.19. The number of nitrogens with zero attached hydrogens (tertiary/aromatic N) is 4. The molecule has 2 aromatic rings. The van der Waals surface area contributed by atoms with Crippen LogP contribution in [0.4, 0.5) is 0 Å². The number of thiophene rings is 1. The molecule has 1 aliphatic heterocycles. The van der Waals surface area contributed by atoms with Gasteiger partial charge in [-0.15, -0.1) is 11.3 Å². The number of rotatable bonds is 5. The highest BCUT2D eigenvalue weighted by molar-refractivity contribution is 7.18. The van der Waals surface area contributed by atoms with E-state index < -0.39 is 0 Å². The molecule has 1 fully saturated rings. The summed E-state index contributed by atoms with van der Waals surface area (Å²) in [5, 5.41) is 0.919. The summed E-state index contributed by atoms with van der Waals surface area (Å²) in [5.41, 5.74) is 1.50. The average Bonchev–Trinajstić information content (AvgIpc) is 2.99. The number of hydrogen-bond acceptors (Lipinski definition) is 5. The molecule has 0 spiro atoms. The van der Waals surface area contributed by atoms with Crippen LogP contribution in [0.3, 0.4) is 0 Å². The maximum absolute atomic E-state index is 13.5. The Hall–Kier alpha value is -1.24. The predicted octanol–water partition coefficient (Wildman–Crippen LogP) is 3.13. The van der Waals surface area contributed by atoms with E-state index in [4.69, 9.17) is 4.98 Å². The van der Waals surface area contributed by atoms with E-state index in [-0.39, 0.29) is 5.56 Å². The minimum absolute atomic E-state index is 0.195. The van der Waals surface area contributed by atoms with E-state index >= 15 is 0 Å². The van der Waals surface area contributed by atoms with E-state index in [2.05, 4.69) is 16.7 Å². The van der Waals surface area contributed by atoms with Crippen molar-refractivity contribution in [2.45, 2.75) is 58.5 Å². The predicted molar refractivity (Wildman–Crippen MR) is 113 cm³/mol. The molecule has 27 heavy (non-hydrogen) atoms. The van der Waals surface area contributed by atoms with E-state index in [0.29, 0.717) is 12.5 Å². The van der Waals surface area contributed by atoms with Crippen LogP contribution < -0.4 is 5.56 Å². The molecular weight excluding hydrogens is 356 g/mol. The van der Waals surface area contributed by atoms with Gasteiger partial charge in [-0.1, -0.05) is 13.3 Å². The fourth-order valence-electron chi connectivity index (χ4n) is 4.52. The monoisotopic (exact) mass is 388 g/mol. The fourth-order valence-corrected chi connectivity index (χ4v) is 5.92. The molecule has 1 saturated heterocycles. The molecule has 5 nitrogen and oxygen atoms in total. The molecule has 0 radical (unpaired) electrons. The van der Waals surface area contributed by atoms with Crippen LogP contribution in [0.5, 0.6) is 0 Å². The minimum Gasteiger partial charge on any atom is -0.302 e. The van der Waals surface area contributed by atoms with Gasteiger partial charge in [-0.25, -0.2) is 4.98 Å². The highest BCUT2D eigenvalue weighted by atomic mass is 32.1. The molecule has 0 aromatic carbocycles. The Labute approximate surface area is 166 Å². The lowest BCUT2D eigenvalue weighted by atomic mass is 9.89. The van der Waals surface area contributed by atoms with Gasteiger partial charge in [0.1, 0.15) is 10.7 Å².